The largest absolute Gasteiger partial charge is 0.333 e. The zero-order valence-corrected chi connectivity index (χ0v) is 27.6. The summed E-state index contributed by atoms with van der Waals surface area (Å²) in [7, 11) is 1.50. The van der Waals surface area contributed by atoms with Gasteiger partial charge in [0.1, 0.15) is 0 Å². The second kappa shape index (κ2) is 23.4. The Kier molecular flexibility index (Phi) is 22.1. The molecule has 5 nitrogen and oxygen atoms in total. The zero-order chi connectivity index (χ0) is 30.2. The second-order valence-electron chi connectivity index (χ2n) is 9.88. The van der Waals surface area contributed by atoms with E-state index in [2.05, 4.69) is 133 Å². The molecule has 0 amide bonds. The van der Waals surface area contributed by atoms with E-state index in [1.54, 1.807) is 6.21 Å². The van der Waals surface area contributed by atoms with Gasteiger partial charge in [0.05, 0.1) is 12.9 Å². The van der Waals surface area contributed by atoms with Crippen LogP contribution in [0.4, 0.5) is 0 Å². The predicted octanol–water partition coefficient (Wildman–Crippen LogP) is 8.31. The molecule has 224 valence electrons. The number of halogens is 1. The Morgan fingerprint density at radius 3 is 2.35 bits per heavy atom. The molecule has 0 spiro atoms. The van der Waals surface area contributed by atoms with E-state index in [-0.39, 0.29) is 0 Å². The third-order valence-electron chi connectivity index (χ3n) is 7.14. The number of hydrogen-bond acceptors (Lipinski definition) is 5. The second-order valence-corrected chi connectivity index (χ2v) is 10.9. The van der Waals surface area contributed by atoms with E-state index in [0.29, 0.717) is 18.0 Å². The summed E-state index contributed by atoms with van der Waals surface area (Å²) in [4.78, 5) is 4.53. The summed E-state index contributed by atoms with van der Waals surface area (Å²) < 4.78 is 0.770. The molecule has 0 bridgehead atoms. The molecule has 2 atom stereocenters. The van der Waals surface area contributed by atoms with E-state index in [1.807, 2.05) is 12.2 Å². The van der Waals surface area contributed by atoms with Crippen molar-refractivity contribution in [2.24, 2.45) is 27.7 Å². The normalized spacial score (nSPS) is 15.9. The van der Waals surface area contributed by atoms with Crippen LogP contribution in [0.15, 0.2) is 87.9 Å². The van der Waals surface area contributed by atoms with Crippen molar-refractivity contribution in [1.29, 1.82) is 0 Å². The molecule has 0 radical (unpaired) electrons. The smallest absolute Gasteiger partial charge is 0.0823 e. The number of hydrogen-bond donors (Lipinski definition) is 3. The van der Waals surface area contributed by atoms with Crippen molar-refractivity contribution in [3.8, 4) is 0 Å². The Hall–Kier alpha value is -2.28. The molecule has 4 N–H and O–H groups in total. The van der Waals surface area contributed by atoms with Crippen LogP contribution < -0.4 is 16.5 Å². The number of nitrogens with two attached hydrogens (primary N) is 1. The summed E-state index contributed by atoms with van der Waals surface area (Å²) >= 11 is 3.24. The average Bonchev–Trinajstić information content (AvgIpc) is 3.78. The third kappa shape index (κ3) is 15.5. The number of nitrogens with zero attached hydrogens (tertiary/aromatic N) is 2. The quantitative estimate of drug-likeness (QED) is 0.0543. The summed E-state index contributed by atoms with van der Waals surface area (Å²) in [5.74, 6) is 1.14. The fraction of sp³-hybridized carbons (Fsp3) is 0.529. The van der Waals surface area contributed by atoms with Crippen LogP contribution in [-0.4, -0.2) is 38.7 Å². The molecule has 0 heterocycles. The molecule has 1 aromatic carbocycles. The summed E-state index contributed by atoms with van der Waals surface area (Å²) in [6.07, 6.45) is 17.3. The Morgan fingerprint density at radius 2 is 1.85 bits per heavy atom. The first-order chi connectivity index (χ1) is 19.4. The average molecular weight is 615 g/mol. The highest BCUT2D eigenvalue weighted by atomic mass is 79.9. The lowest BCUT2D eigenvalue weighted by Gasteiger charge is -2.21. The topological polar surface area (TPSA) is 74.8 Å². The number of nitrogens with one attached hydrogen (secondary N) is 2. The van der Waals surface area contributed by atoms with Crippen LogP contribution >= 0.6 is 15.9 Å². The van der Waals surface area contributed by atoms with E-state index in [9.17, 15) is 0 Å². The van der Waals surface area contributed by atoms with E-state index in [1.165, 1.54) is 56.0 Å². The zero-order valence-electron chi connectivity index (χ0n) is 26.1. The Labute approximate surface area is 254 Å². The van der Waals surface area contributed by atoms with Crippen molar-refractivity contribution in [2.45, 2.75) is 78.6 Å². The molecule has 0 aromatic heterocycles. The minimum Gasteiger partial charge on any atom is -0.333 e. The first kappa shape index (κ1) is 37.7. The van der Waals surface area contributed by atoms with Gasteiger partial charge in [-0.15, -0.1) is 0 Å². The maximum absolute atomic E-state index is 4.53. The van der Waals surface area contributed by atoms with Crippen LogP contribution in [-0.2, 0) is 5.41 Å². The minimum atomic E-state index is 0.415. The Morgan fingerprint density at radius 1 is 1.18 bits per heavy atom. The summed E-state index contributed by atoms with van der Waals surface area (Å²) in [6.45, 7) is 20.8. The highest BCUT2D eigenvalue weighted by molar-refractivity contribution is 9.12. The molecule has 0 saturated heterocycles. The van der Waals surface area contributed by atoms with Crippen molar-refractivity contribution < 1.29 is 0 Å². The van der Waals surface area contributed by atoms with Crippen molar-refractivity contribution in [1.82, 2.24) is 10.7 Å². The number of rotatable bonds is 17. The standard InChI is InChI=1S/C19H28BrN3.C14H23N.CH5N/c1-3-17(14-21-15-23-22-13-16(2)20)9-10-19(11-12-19)18-7-5-4-6-8-18;1-6-10-11-12(5)13(7-2)14(8-3)15-9-4;1-2/h4-8,13,17,21,23H,2-3,9-12,14-15H2,1H3;6-7,10-12H,1,8-9H2,2-5H3;2H2,1H3/b22-13-;11-10+,13-7+,15-14?;. The van der Waals surface area contributed by atoms with Crippen molar-refractivity contribution in [3.05, 3.63) is 83.4 Å². The molecule has 6 heteroatoms. The van der Waals surface area contributed by atoms with Crippen LogP contribution in [0.25, 0.3) is 0 Å². The molecule has 1 fully saturated rings. The van der Waals surface area contributed by atoms with Gasteiger partial charge in [0.15, 0.2) is 0 Å². The number of allylic oxidation sites excluding steroid dienone is 6. The van der Waals surface area contributed by atoms with Gasteiger partial charge in [-0.3, -0.25) is 15.7 Å². The molecule has 1 saturated carbocycles. The molecule has 1 aliphatic rings. The Balaban J connectivity index is 0.000000779. The fourth-order valence-corrected chi connectivity index (χ4v) is 4.79. The van der Waals surface area contributed by atoms with Gasteiger partial charge in [-0.2, -0.15) is 5.10 Å². The lowest BCUT2D eigenvalue weighted by Crippen LogP contribution is -2.30. The minimum absolute atomic E-state index is 0.415. The number of hydrazone groups is 1. The molecular formula is C34H56BrN5. The van der Waals surface area contributed by atoms with Crippen LogP contribution in [0.5, 0.6) is 0 Å². The van der Waals surface area contributed by atoms with Crippen molar-refractivity contribution >= 4 is 27.9 Å². The summed E-state index contributed by atoms with van der Waals surface area (Å²) in [5, 5.41) is 7.48. The lowest BCUT2D eigenvalue weighted by molar-refractivity contribution is 0.392. The van der Waals surface area contributed by atoms with Crippen LogP contribution in [0, 0.1) is 11.8 Å². The van der Waals surface area contributed by atoms with Gasteiger partial charge in [-0.1, -0.05) is 95.0 Å². The monoisotopic (exact) mass is 613 g/mol. The van der Waals surface area contributed by atoms with Crippen LogP contribution in [0.2, 0.25) is 0 Å². The van der Waals surface area contributed by atoms with Crippen molar-refractivity contribution in [2.75, 3.05) is 26.8 Å². The van der Waals surface area contributed by atoms with Crippen LogP contribution in [0.3, 0.4) is 0 Å². The van der Waals surface area contributed by atoms with Gasteiger partial charge in [0.25, 0.3) is 0 Å². The highest BCUT2D eigenvalue weighted by Gasteiger charge is 2.43. The SMILES string of the molecule is C=C(Br)/C=N\NCNCC(CC)CCC1(c2ccccc2)CC1.C=C/C=C/C(C)/C(=C\C)C(CC)=NCC.CN. The van der Waals surface area contributed by atoms with Gasteiger partial charge in [0.2, 0.25) is 0 Å². The van der Waals surface area contributed by atoms with Crippen LogP contribution in [0.1, 0.15) is 78.7 Å². The highest BCUT2D eigenvalue weighted by Crippen LogP contribution is 2.52. The molecular weight excluding hydrogens is 558 g/mol. The molecule has 2 rings (SSSR count). The first-order valence-corrected chi connectivity index (χ1v) is 15.6. The van der Waals surface area contributed by atoms with Gasteiger partial charge in [-0.05, 0) is 97.9 Å². The molecule has 40 heavy (non-hydrogen) atoms. The number of benzene rings is 1. The van der Waals surface area contributed by atoms with E-state index >= 15 is 0 Å². The molecule has 1 aliphatic carbocycles. The van der Waals surface area contributed by atoms with Crippen molar-refractivity contribution in [3.63, 3.8) is 0 Å². The predicted molar refractivity (Wildman–Crippen MR) is 184 cm³/mol. The number of aliphatic imine (C=N–C) groups is 1. The maximum Gasteiger partial charge on any atom is 0.0823 e. The van der Waals surface area contributed by atoms with E-state index in [4.69, 9.17) is 0 Å². The first-order valence-electron chi connectivity index (χ1n) is 14.8. The summed E-state index contributed by atoms with van der Waals surface area (Å²) in [5.41, 5.74) is 12.0. The molecule has 2 unspecified atom stereocenters. The molecule has 1 aromatic rings. The Bertz CT molecular complexity index is 929. The van der Waals surface area contributed by atoms with Gasteiger partial charge >= 0.3 is 0 Å². The van der Waals surface area contributed by atoms with E-state index < -0.39 is 0 Å². The molecule has 0 aliphatic heterocycles. The van der Waals surface area contributed by atoms with Gasteiger partial charge in [-0.25, -0.2) is 0 Å². The van der Waals surface area contributed by atoms with Gasteiger partial charge < -0.3 is 5.73 Å². The fourth-order valence-electron chi connectivity index (χ4n) is 4.69. The lowest BCUT2D eigenvalue weighted by atomic mass is 9.87. The summed E-state index contributed by atoms with van der Waals surface area (Å²) in [6, 6.07) is 11.0. The van der Waals surface area contributed by atoms with E-state index in [0.717, 1.165) is 29.9 Å². The maximum atomic E-state index is 4.53. The van der Waals surface area contributed by atoms with Gasteiger partial charge in [0, 0.05) is 22.7 Å². The third-order valence-corrected chi connectivity index (χ3v) is 7.34.